The van der Waals surface area contributed by atoms with E-state index in [4.69, 9.17) is 4.74 Å². The third-order valence-corrected chi connectivity index (χ3v) is 5.12. The van der Waals surface area contributed by atoms with Gasteiger partial charge in [-0.1, -0.05) is 43.7 Å². The van der Waals surface area contributed by atoms with Crippen LogP contribution in [-0.4, -0.2) is 36.7 Å². The summed E-state index contributed by atoms with van der Waals surface area (Å²) in [6.45, 7) is 5.38. The summed E-state index contributed by atoms with van der Waals surface area (Å²) < 4.78 is 5.46. The lowest BCUT2D eigenvalue weighted by molar-refractivity contribution is 0.0962. The molecule has 2 atom stereocenters. The standard InChI is InChI=1S/C18H26N2O2/c1-18(16-9-5-6-11-19-16)10-12-20(14-18)17(21)22-13-15-7-3-2-4-8-15/h2-4,7-8,16,19H,5-6,9-14H2,1H3/t16-,18+/m0/s1. The van der Waals surface area contributed by atoms with Crippen LogP contribution in [0.25, 0.3) is 0 Å². The van der Waals surface area contributed by atoms with Gasteiger partial charge in [0.1, 0.15) is 6.61 Å². The minimum atomic E-state index is -0.177. The monoisotopic (exact) mass is 302 g/mol. The van der Waals surface area contributed by atoms with Gasteiger partial charge in [-0.05, 0) is 31.4 Å². The van der Waals surface area contributed by atoms with Crippen molar-refractivity contribution in [3.05, 3.63) is 35.9 Å². The molecule has 120 valence electrons. The third kappa shape index (κ3) is 3.43. The van der Waals surface area contributed by atoms with Crippen molar-refractivity contribution in [2.24, 2.45) is 5.41 Å². The predicted octanol–water partition coefficient (Wildman–Crippen LogP) is 3.18. The average Bonchev–Trinajstić information content (AvgIpc) is 2.98. The number of nitrogens with zero attached hydrogens (tertiary/aromatic N) is 1. The number of hydrogen-bond acceptors (Lipinski definition) is 3. The molecular weight excluding hydrogens is 276 g/mol. The second-order valence-electron chi connectivity index (χ2n) is 6.87. The Morgan fingerprint density at radius 3 is 2.91 bits per heavy atom. The van der Waals surface area contributed by atoms with E-state index in [2.05, 4.69) is 12.2 Å². The molecule has 4 nitrogen and oxygen atoms in total. The predicted molar refractivity (Wildman–Crippen MR) is 86.6 cm³/mol. The molecule has 2 aliphatic heterocycles. The molecule has 2 fully saturated rings. The van der Waals surface area contributed by atoms with Crippen molar-refractivity contribution in [3.63, 3.8) is 0 Å². The second kappa shape index (κ2) is 6.69. The molecule has 0 saturated carbocycles. The zero-order valence-corrected chi connectivity index (χ0v) is 13.4. The number of ether oxygens (including phenoxy) is 1. The fourth-order valence-corrected chi connectivity index (χ4v) is 3.68. The van der Waals surface area contributed by atoms with Gasteiger partial charge in [0.15, 0.2) is 0 Å². The highest BCUT2D eigenvalue weighted by Gasteiger charge is 2.42. The highest BCUT2D eigenvalue weighted by molar-refractivity contribution is 5.68. The fourth-order valence-electron chi connectivity index (χ4n) is 3.68. The summed E-state index contributed by atoms with van der Waals surface area (Å²) >= 11 is 0. The summed E-state index contributed by atoms with van der Waals surface area (Å²) in [6, 6.07) is 10.4. The Morgan fingerprint density at radius 1 is 1.36 bits per heavy atom. The molecule has 1 N–H and O–H groups in total. The van der Waals surface area contributed by atoms with Crippen LogP contribution in [0, 0.1) is 5.41 Å². The molecule has 2 aliphatic rings. The Morgan fingerprint density at radius 2 is 2.18 bits per heavy atom. The van der Waals surface area contributed by atoms with E-state index in [0.717, 1.165) is 31.6 Å². The van der Waals surface area contributed by atoms with Crippen molar-refractivity contribution in [2.45, 2.75) is 45.3 Å². The van der Waals surface area contributed by atoms with E-state index in [0.29, 0.717) is 12.6 Å². The summed E-state index contributed by atoms with van der Waals surface area (Å²) in [5, 5.41) is 3.64. The van der Waals surface area contributed by atoms with Gasteiger partial charge in [-0.2, -0.15) is 0 Å². The number of benzene rings is 1. The quantitative estimate of drug-likeness (QED) is 0.932. The second-order valence-corrected chi connectivity index (χ2v) is 6.87. The van der Waals surface area contributed by atoms with Gasteiger partial charge >= 0.3 is 6.09 Å². The number of hydrogen-bond donors (Lipinski definition) is 1. The number of likely N-dealkylation sites (tertiary alicyclic amines) is 1. The molecule has 3 rings (SSSR count). The summed E-state index contributed by atoms with van der Waals surface area (Å²) in [4.78, 5) is 14.1. The average molecular weight is 302 g/mol. The van der Waals surface area contributed by atoms with Gasteiger partial charge in [0, 0.05) is 24.5 Å². The number of carbonyl (C=O) groups excluding carboxylic acids is 1. The first-order valence-electron chi connectivity index (χ1n) is 8.36. The van der Waals surface area contributed by atoms with Crippen molar-refractivity contribution in [1.29, 1.82) is 0 Å². The van der Waals surface area contributed by atoms with E-state index in [9.17, 15) is 4.79 Å². The first-order chi connectivity index (χ1) is 10.7. The van der Waals surface area contributed by atoms with Crippen LogP contribution < -0.4 is 5.32 Å². The molecule has 2 heterocycles. The Kier molecular flexibility index (Phi) is 4.67. The van der Waals surface area contributed by atoms with Crippen LogP contribution in [0.5, 0.6) is 0 Å². The molecule has 0 aromatic heterocycles. The van der Waals surface area contributed by atoms with Crippen LogP contribution in [0.1, 0.15) is 38.2 Å². The van der Waals surface area contributed by atoms with Crippen molar-refractivity contribution in [3.8, 4) is 0 Å². The van der Waals surface area contributed by atoms with Crippen LogP contribution in [0.15, 0.2) is 30.3 Å². The summed E-state index contributed by atoms with van der Waals surface area (Å²) in [5.41, 5.74) is 1.22. The Hall–Kier alpha value is -1.55. The highest BCUT2D eigenvalue weighted by atomic mass is 16.6. The smallest absolute Gasteiger partial charge is 0.410 e. The van der Waals surface area contributed by atoms with Crippen molar-refractivity contribution in [1.82, 2.24) is 10.2 Å². The summed E-state index contributed by atoms with van der Waals surface area (Å²) in [5.74, 6) is 0. The van der Waals surface area contributed by atoms with Crippen LogP contribution in [0.3, 0.4) is 0 Å². The van der Waals surface area contributed by atoms with Crippen molar-refractivity contribution < 1.29 is 9.53 Å². The topological polar surface area (TPSA) is 41.6 Å². The Balaban J connectivity index is 1.52. The molecule has 0 aliphatic carbocycles. The molecule has 0 unspecified atom stereocenters. The van der Waals surface area contributed by atoms with Gasteiger partial charge in [0.2, 0.25) is 0 Å². The van der Waals surface area contributed by atoms with Crippen LogP contribution in [0.4, 0.5) is 4.79 Å². The van der Waals surface area contributed by atoms with E-state index in [-0.39, 0.29) is 11.5 Å². The van der Waals surface area contributed by atoms with Crippen LogP contribution >= 0.6 is 0 Å². The van der Waals surface area contributed by atoms with Crippen molar-refractivity contribution >= 4 is 6.09 Å². The maximum absolute atomic E-state index is 12.3. The minimum Gasteiger partial charge on any atom is -0.445 e. The van der Waals surface area contributed by atoms with Crippen molar-refractivity contribution in [2.75, 3.05) is 19.6 Å². The van der Waals surface area contributed by atoms with E-state index in [1.54, 1.807) is 0 Å². The normalized spacial score (nSPS) is 28.6. The first-order valence-corrected chi connectivity index (χ1v) is 8.36. The molecule has 1 aromatic rings. The van der Waals surface area contributed by atoms with E-state index in [1.807, 2.05) is 35.2 Å². The van der Waals surface area contributed by atoms with Gasteiger partial charge in [-0.25, -0.2) is 4.79 Å². The number of nitrogens with one attached hydrogen (secondary N) is 1. The third-order valence-electron chi connectivity index (χ3n) is 5.12. The zero-order valence-electron chi connectivity index (χ0n) is 13.4. The summed E-state index contributed by atoms with van der Waals surface area (Å²) in [7, 11) is 0. The van der Waals surface area contributed by atoms with Crippen LogP contribution in [0.2, 0.25) is 0 Å². The van der Waals surface area contributed by atoms with Gasteiger partial charge in [-0.3, -0.25) is 0 Å². The van der Waals surface area contributed by atoms with Crippen LogP contribution in [-0.2, 0) is 11.3 Å². The highest BCUT2D eigenvalue weighted by Crippen LogP contribution is 2.37. The number of rotatable bonds is 3. The SMILES string of the molecule is C[C@@]1([C@@H]2CCCCN2)CCN(C(=O)OCc2ccccc2)C1. The number of carbonyl (C=O) groups is 1. The van der Waals surface area contributed by atoms with E-state index >= 15 is 0 Å². The fraction of sp³-hybridized carbons (Fsp3) is 0.611. The van der Waals surface area contributed by atoms with Gasteiger partial charge in [0.05, 0.1) is 0 Å². The molecule has 22 heavy (non-hydrogen) atoms. The molecular formula is C18H26N2O2. The maximum atomic E-state index is 12.3. The lowest BCUT2D eigenvalue weighted by Gasteiger charge is -2.37. The Labute approximate surface area is 132 Å². The molecule has 1 amide bonds. The lowest BCUT2D eigenvalue weighted by Crippen LogP contribution is -2.48. The molecule has 4 heteroatoms. The molecule has 0 bridgehead atoms. The Bertz CT molecular complexity index is 499. The maximum Gasteiger partial charge on any atom is 0.410 e. The minimum absolute atomic E-state index is 0.177. The van der Waals surface area contributed by atoms with Gasteiger partial charge in [-0.15, -0.1) is 0 Å². The molecule has 1 aromatic carbocycles. The largest absolute Gasteiger partial charge is 0.445 e. The van der Waals surface area contributed by atoms with Gasteiger partial charge < -0.3 is 15.0 Å². The molecule has 2 saturated heterocycles. The first kappa shape index (κ1) is 15.3. The zero-order chi connectivity index (χ0) is 15.4. The molecule has 0 spiro atoms. The molecule has 0 radical (unpaired) electrons. The van der Waals surface area contributed by atoms with Gasteiger partial charge in [0.25, 0.3) is 0 Å². The number of piperidine rings is 1. The summed E-state index contributed by atoms with van der Waals surface area (Å²) in [6.07, 6.45) is 4.68. The van der Waals surface area contributed by atoms with E-state index in [1.165, 1.54) is 19.3 Å². The number of amides is 1. The lowest BCUT2D eigenvalue weighted by atomic mass is 9.78. The van der Waals surface area contributed by atoms with E-state index < -0.39 is 0 Å².